The normalized spacial score (nSPS) is 21.4. The van der Waals surface area contributed by atoms with E-state index in [9.17, 15) is 0 Å². The molecule has 5 nitrogen and oxygen atoms in total. The highest BCUT2D eigenvalue weighted by Crippen LogP contribution is 2.38. The van der Waals surface area contributed by atoms with Crippen LogP contribution in [0.4, 0.5) is 0 Å². The Morgan fingerprint density at radius 3 is 2.71 bits per heavy atom. The zero-order valence-corrected chi connectivity index (χ0v) is 10.6. The van der Waals surface area contributed by atoms with E-state index in [0.29, 0.717) is 11.7 Å². The molecule has 1 aliphatic carbocycles. The molecule has 1 saturated carbocycles. The van der Waals surface area contributed by atoms with Crippen LogP contribution in [0.3, 0.4) is 0 Å². The highest BCUT2D eigenvalue weighted by molar-refractivity contribution is 5.04. The fraction of sp³-hybridized carbons (Fsp3) is 0.833. The Labute approximate surface area is 102 Å². The third-order valence-corrected chi connectivity index (χ3v) is 3.66. The summed E-state index contributed by atoms with van der Waals surface area (Å²) in [7, 11) is 1.72. The largest absolute Gasteiger partial charge is 0.370 e. The van der Waals surface area contributed by atoms with Crippen LogP contribution in [0.5, 0.6) is 0 Å². The van der Waals surface area contributed by atoms with Gasteiger partial charge in [0.1, 0.15) is 5.60 Å². The average Bonchev–Trinajstić information content (AvgIpc) is 2.88. The predicted molar refractivity (Wildman–Crippen MR) is 63.3 cm³/mol. The predicted octanol–water partition coefficient (Wildman–Crippen LogP) is 2.29. The summed E-state index contributed by atoms with van der Waals surface area (Å²) < 4.78 is 10.9. The van der Waals surface area contributed by atoms with Crippen molar-refractivity contribution in [3.05, 3.63) is 11.7 Å². The van der Waals surface area contributed by atoms with Crippen molar-refractivity contribution in [3.8, 4) is 0 Å². The Morgan fingerprint density at radius 1 is 1.41 bits per heavy atom. The van der Waals surface area contributed by atoms with Crippen LogP contribution in [0.1, 0.15) is 63.2 Å². The lowest BCUT2D eigenvalue weighted by atomic mass is 9.84. The Kier molecular flexibility index (Phi) is 3.79. The molecule has 1 aliphatic rings. The fourth-order valence-corrected chi connectivity index (χ4v) is 2.39. The van der Waals surface area contributed by atoms with Crippen molar-refractivity contribution in [1.82, 2.24) is 10.1 Å². The van der Waals surface area contributed by atoms with Gasteiger partial charge in [-0.1, -0.05) is 31.3 Å². The minimum Gasteiger partial charge on any atom is -0.370 e. The van der Waals surface area contributed by atoms with Crippen molar-refractivity contribution in [2.75, 3.05) is 7.11 Å². The second kappa shape index (κ2) is 5.14. The van der Waals surface area contributed by atoms with Crippen LogP contribution < -0.4 is 5.73 Å². The number of nitrogens with two attached hydrogens (primary N) is 1. The van der Waals surface area contributed by atoms with Gasteiger partial charge >= 0.3 is 0 Å². The molecule has 0 spiro atoms. The molecule has 0 unspecified atom stereocenters. The highest BCUT2D eigenvalue weighted by atomic mass is 16.5. The summed E-state index contributed by atoms with van der Waals surface area (Å²) in [6.07, 6.45) is 6.27. The molecule has 96 valence electrons. The Morgan fingerprint density at radius 2 is 2.12 bits per heavy atom. The van der Waals surface area contributed by atoms with Gasteiger partial charge < -0.3 is 15.0 Å². The molecule has 2 rings (SSSR count). The minimum atomic E-state index is -0.354. The maximum Gasteiger partial charge on any atom is 0.243 e. The number of hydrogen-bond acceptors (Lipinski definition) is 5. The fourth-order valence-electron chi connectivity index (χ4n) is 2.39. The van der Waals surface area contributed by atoms with Crippen LogP contribution in [0, 0.1) is 0 Å². The number of methoxy groups -OCH3 is 1. The van der Waals surface area contributed by atoms with Crippen LogP contribution >= 0.6 is 0 Å². The molecular formula is C12H21N3O2. The second-order valence-electron chi connectivity index (χ2n) is 4.73. The molecule has 1 heterocycles. The van der Waals surface area contributed by atoms with E-state index in [4.69, 9.17) is 15.0 Å². The van der Waals surface area contributed by atoms with Crippen molar-refractivity contribution in [3.63, 3.8) is 0 Å². The summed E-state index contributed by atoms with van der Waals surface area (Å²) in [5, 5.41) is 4.06. The standard InChI is InChI=1S/C12H21N3O2/c1-3-9(13)10-14-11(15-17-10)12(16-2)7-5-4-6-8-12/h9H,3-8,13H2,1-2H3/t9-/m0/s1. The molecule has 5 heteroatoms. The van der Waals surface area contributed by atoms with E-state index < -0.39 is 0 Å². The van der Waals surface area contributed by atoms with Crippen LogP contribution in [0.2, 0.25) is 0 Å². The van der Waals surface area contributed by atoms with Crippen LogP contribution in [-0.4, -0.2) is 17.3 Å². The maximum atomic E-state index is 5.88. The summed E-state index contributed by atoms with van der Waals surface area (Å²) in [4.78, 5) is 4.42. The van der Waals surface area contributed by atoms with Gasteiger partial charge in [-0.15, -0.1) is 0 Å². The van der Waals surface area contributed by atoms with Gasteiger partial charge in [0.2, 0.25) is 11.7 Å². The Balaban J connectivity index is 2.22. The van der Waals surface area contributed by atoms with Gasteiger partial charge in [-0.3, -0.25) is 0 Å². The number of ether oxygens (including phenoxy) is 1. The van der Waals surface area contributed by atoms with Gasteiger partial charge in [0.25, 0.3) is 0 Å². The molecular weight excluding hydrogens is 218 g/mol. The van der Waals surface area contributed by atoms with Crippen molar-refractivity contribution in [2.45, 2.75) is 57.1 Å². The quantitative estimate of drug-likeness (QED) is 0.872. The molecule has 1 fully saturated rings. The molecule has 1 atom stereocenters. The van der Waals surface area contributed by atoms with Crippen molar-refractivity contribution in [2.24, 2.45) is 5.73 Å². The second-order valence-corrected chi connectivity index (χ2v) is 4.73. The van der Waals surface area contributed by atoms with Crippen molar-refractivity contribution in [1.29, 1.82) is 0 Å². The molecule has 17 heavy (non-hydrogen) atoms. The van der Waals surface area contributed by atoms with Crippen LogP contribution in [-0.2, 0) is 10.3 Å². The first-order valence-corrected chi connectivity index (χ1v) is 6.36. The van der Waals surface area contributed by atoms with Crippen molar-refractivity contribution >= 4 is 0 Å². The molecule has 0 amide bonds. The minimum absolute atomic E-state index is 0.172. The Bertz CT molecular complexity index is 358. The van der Waals surface area contributed by atoms with Gasteiger partial charge in [-0.25, -0.2) is 0 Å². The SMILES string of the molecule is CC[C@H](N)c1nc(C2(OC)CCCCC2)no1. The molecule has 1 aromatic heterocycles. The first kappa shape index (κ1) is 12.5. The van der Waals surface area contributed by atoms with Gasteiger partial charge in [0, 0.05) is 7.11 Å². The highest BCUT2D eigenvalue weighted by Gasteiger charge is 2.38. The lowest BCUT2D eigenvalue weighted by molar-refractivity contribution is -0.0527. The first-order valence-electron chi connectivity index (χ1n) is 6.36. The molecule has 0 saturated heterocycles. The third kappa shape index (κ3) is 2.35. The van der Waals surface area contributed by atoms with E-state index in [1.165, 1.54) is 6.42 Å². The zero-order chi connectivity index (χ0) is 12.3. The molecule has 0 bridgehead atoms. The monoisotopic (exact) mass is 239 g/mol. The Hall–Kier alpha value is -0.940. The topological polar surface area (TPSA) is 74.2 Å². The van der Waals surface area contributed by atoms with Gasteiger partial charge in [0.15, 0.2) is 0 Å². The summed E-state index contributed by atoms with van der Waals surface area (Å²) >= 11 is 0. The summed E-state index contributed by atoms with van der Waals surface area (Å²) in [6, 6.07) is -0.172. The van der Waals surface area contributed by atoms with E-state index in [0.717, 1.165) is 32.1 Å². The number of aromatic nitrogens is 2. The van der Waals surface area contributed by atoms with E-state index in [2.05, 4.69) is 10.1 Å². The molecule has 1 aromatic rings. The van der Waals surface area contributed by atoms with E-state index in [-0.39, 0.29) is 11.6 Å². The molecule has 0 radical (unpaired) electrons. The summed E-state index contributed by atoms with van der Waals surface area (Å²) in [5.74, 6) is 1.18. The third-order valence-electron chi connectivity index (χ3n) is 3.66. The summed E-state index contributed by atoms with van der Waals surface area (Å²) in [5.41, 5.74) is 5.53. The summed E-state index contributed by atoms with van der Waals surface area (Å²) in [6.45, 7) is 2.00. The lowest BCUT2D eigenvalue weighted by Gasteiger charge is -2.32. The van der Waals surface area contributed by atoms with Gasteiger partial charge in [0.05, 0.1) is 6.04 Å². The van der Waals surface area contributed by atoms with Crippen LogP contribution in [0.15, 0.2) is 4.52 Å². The van der Waals surface area contributed by atoms with Crippen molar-refractivity contribution < 1.29 is 9.26 Å². The van der Waals surface area contributed by atoms with Gasteiger partial charge in [-0.2, -0.15) is 4.98 Å². The molecule has 2 N–H and O–H groups in total. The zero-order valence-electron chi connectivity index (χ0n) is 10.6. The van der Waals surface area contributed by atoms with E-state index in [1.807, 2.05) is 6.92 Å². The number of hydrogen-bond donors (Lipinski definition) is 1. The first-order chi connectivity index (χ1) is 8.22. The maximum absolute atomic E-state index is 5.88. The lowest BCUT2D eigenvalue weighted by Crippen LogP contribution is -2.32. The molecule has 0 aliphatic heterocycles. The average molecular weight is 239 g/mol. The number of rotatable bonds is 4. The smallest absolute Gasteiger partial charge is 0.243 e. The van der Waals surface area contributed by atoms with E-state index >= 15 is 0 Å². The van der Waals surface area contributed by atoms with Crippen LogP contribution in [0.25, 0.3) is 0 Å². The number of nitrogens with zero attached hydrogens (tertiary/aromatic N) is 2. The molecule has 0 aromatic carbocycles. The van der Waals surface area contributed by atoms with Gasteiger partial charge in [-0.05, 0) is 19.3 Å². The van der Waals surface area contributed by atoms with E-state index in [1.54, 1.807) is 7.11 Å².